The minimum Gasteiger partial charge on any atom is -0.482 e. The predicted octanol–water partition coefficient (Wildman–Crippen LogP) is 5.20. The highest BCUT2D eigenvalue weighted by Gasteiger charge is 2.30. The number of carbonyl (C=O) groups excluding carboxylic acids is 2. The number of hydrogen-bond acceptors (Lipinski definition) is 3. The molecule has 0 aliphatic rings. The molecule has 0 unspecified atom stereocenters. The highest BCUT2D eigenvalue weighted by Crippen LogP contribution is 2.28. The Balaban J connectivity index is 2.22. The van der Waals surface area contributed by atoms with Gasteiger partial charge in [-0.3, -0.25) is 9.59 Å². The first-order chi connectivity index (χ1) is 14.1. The first-order valence-corrected chi connectivity index (χ1v) is 11.0. The third-order valence-electron chi connectivity index (χ3n) is 4.32. The van der Waals surface area contributed by atoms with E-state index in [9.17, 15) is 9.59 Å². The summed E-state index contributed by atoms with van der Waals surface area (Å²) >= 11 is 9.54. The van der Waals surface area contributed by atoms with Gasteiger partial charge in [0.2, 0.25) is 5.91 Å². The standard InChI is InChI=1S/C23H28BrClN2O3/c1-5-19(22(29)26-23(2,3)4)27(14-16-9-7-6-8-10-16)21(28)15-30-20-12-11-17(24)13-18(20)25/h6-13,19H,5,14-15H2,1-4H3,(H,26,29)/t19-/m0/s1. The zero-order chi connectivity index (χ0) is 22.3. The van der Waals surface area contributed by atoms with Crippen molar-refractivity contribution in [2.75, 3.05) is 6.61 Å². The van der Waals surface area contributed by atoms with E-state index >= 15 is 0 Å². The van der Waals surface area contributed by atoms with Crippen LogP contribution in [0.15, 0.2) is 53.0 Å². The molecule has 0 fully saturated rings. The maximum absolute atomic E-state index is 13.1. The van der Waals surface area contributed by atoms with Gasteiger partial charge in [-0.2, -0.15) is 0 Å². The van der Waals surface area contributed by atoms with Crippen molar-refractivity contribution < 1.29 is 14.3 Å². The summed E-state index contributed by atoms with van der Waals surface area (Å²) in [5, 5.41) is 3.39. The van der Waals surface area contributed by atoms with Gasteiger partial charge in [0.1, 0.15) is 11.8 Å². The van der Waals surface area contributed by atoms with Gasteiger partial charge in [0.25, 0.3) is 5.91 Å². The molecular formula is C23H28BrClN2O3. The van der Waals surface area contributed by atoms with Gasteiger partial charge in [0, 0.05) is 16.6 Å². The van der Waals surface area contributed by atoms with Gasteiger partial charge in [-0.15, -0.1) is 0 Å². The summed E-state index contributed by atoms with van der Waals surface area (Å²) < 4.78 is 6.49. The molecule has 7 heteroatoms. The van der Waals surface area contributed by atoms with Crippen molar-refractivity contribution in [3.63, 3.8) is 0 Å². The highest BCUT2D eigenvalue weighted by atomic mass is 79.9. The van der Waals surface area contributed by atoms with Crippen LogP contribution in [0.4, 0.5) is 0 Å². The van der Waals surface area contributed by atoms with E-state index in [1.54, 1.807) is 23.1 Å². The van der Waals surface area contributed by atoms with Gasteiger partial charge in [-0.1, -0.05) is 64.8 Å². The zero-order valence-electron chi connectivity index (χ0n) is 17.7. The third-order valence-corrected chi connectivity index (χ3v) is 5.11. The lowest BCUT2D eigenvalue weighted by molar-refractivity contribution is -0.143. The molecule has 0 saturated carbocycles. The van der Waals surface area contributed by atoms with Crippen LogP contribution in [0.3, 0.4) is 0 Å². The first kappa shape index (κ1) is 24.2. The van der Waals surface area contributed by atoms with E-state index in [0.29, 0.717) is 23.7 Å². The summed E-state index contributed by atoms with van der Waals surface area (Å²) in [6, 6.07) is 14.2. The second-order valence-electron chi connectivity index (χ2n) is 8.03. The van der Waals surface area contributed by atoms with Crippen LogP contribution in [0.5, 0.6) is 5.75 Å². The van der Waals surface area contributed by atoms with Crippen molar-refractivity contribution in [3.05, 3.63) is 63.6 Å². The molecule has 0 aliphatic heterocycles. The van der Waals surface area contributed by atoms with Crippen LogP contribution in [-0.4, -0.2) is 34.9 Å². The Hall–Kier alpha value is -2.05. The van der Waals surface area contributed by atoms with Crippen molar-refractivity contribution in [2.24, 2.45) is 0 Å². The van der Waals surface area contributed by atoms with Crippen LogP contribution < -0.4 is 10.1 Å². The topological polar surface area (TPSA) is 58.6 Å². The molecule has 0 aromatic heterocycles. The lowest BCUT2D eigenvalue weighted by Crippen LogP contribution is -2.54. The number of halogens is 2. The highest BCUT2D eigenvalue weighted by molar-refractivity contribution is 9.10. The first-order valence-electron chi connectivity index (χ1n) is 9.84. The van der Waals surface area contributed by atoms with Gasteiger partial charge >= 0.3 is 0 Å². The van der Waals surface area contributed by atoms with E-state index in [1.807, 2.05) is 58.0 Å². The molecule has 0 spiro atoms. The minimum absolute atomic E-state index is 0.184. The van der Waals surface area contributed by atoms with Gasteiger partial charge in [0.15, 0.2) is 6.61 Å². The minimum atomic E-state index is -0.610. The lowest BCUT2D eigenvalue weighted by atomic mass is 10.1. The summed E-state index contributed by atoms with van der Waals surface area (Å²) in [4.78, 5) is 27.6. The number of nitrogens with one attached hydrogen (secondary N) is 1. The van der Waals surface area contributed by atoms with E-state index in [2.05, 4.69) is 21.2 Å². The quantitative estimate of drug-likeness (QED) is 0.547. The number of nitrogens with zero attached hydrogens (tertiary/aromatic N) is 1. The molecule has 2 aromatic carbocycles. The average Bonchev–Trinajstić information content (AvgIpc) is 2.66. The van der Waals surface area contributed by atoms with E-state index in [1.165, 1.54) is 0 Å². The summed E-state index contributed by atoms with van der Waals surface area (Å²) in [6.45, 7) is 7.74. The monoisotopic (exact) mass is 494 g/mol. The zero-order valence-corrected chi connectivity index (χ0v) is 20.1. The lowest BCUT2D eigenvalue weighted by Gasteiger charge is -2.33. The van der Waals surface area contributed by atoms with Crippen LogP contribution in [-0.2, 0) is 16.1 Å². The van der Waals surface area contributed by atoms with Crippen LogP contribution in [0.1, 0.15) is 39.7 Å². The largest absolute Gasteiger partial charge is 0.482 e. The molecule has 1 atom stereocenters. The summed E-state index contributed by atoms with van der Waals surface area (Å²) in [7, 11) is 0. The number of ether oxygens (including phenoxy) is 1. The molecule has 1 N–H and O–H groups in total. The van der Waals surface area contributed by atoms with Gasteiger partial charge in [0.05, 0.1) is 5.02 Å². The second kappa shape index (κ2) is 10.8. The van der Waals surface area contributed by atoms with E-state index in [0.717, 1.165) is 10.0 Å². The maximum Gasteiger partial charge on any atom is 0.261 e. The number of hydrogen-bond donors (Lipinski definition) is 1. The van der Waals surface area contributed by atoms with Gasteiger partial charge < -0.3 is 15.0 Å². The normalized spacial score (nSPS) is 12.2. The van der Waals surface area contributed by atoms with Crippen molar-refractivity contribution in [3.8, 4) is 5.75 Å². The molecule has 2 aromatic rings. The van der Waals surface area contributed by atoms with Crippen molar-refractivity contribution in [2.45, 2.75) is 52.2 Å². The molecule has 30 heavy (non-hydrogen) atoms. The summed E-state index contributed by atoms with van der Waals surface area (Å²) in [5.41, 5.74) is 0.544. The maximum atomic E-state index is 13.1. The fourth-order valence-electron chi connectivity index (χ4n) is 2.97. The molecule has 0 radical (unpaired) electrons. The van der Waals surface area contributed by atoms with E-state index in [-0.39, 0.29) is 18.4 Å². The molecular weight excluding hydrogens is 468 g/mol. The Bertz CT molecular complexity index is 868. The van der Waals surface area contributed by atoms with E-state index in [4.69, 9.17) is 16.3 Å². The number of benzene rings is 2. The molecule has 5 nitrogen and oxygen atoms in total. The second-order valence-corrected chi connectivity index (χ2v) is 9.36. The Labute approximate surface area is 191 Å². The number of carbonyl (C=O) groups is 2. The van der Waals surface area contributed by atoms with E-state index < -0.39 is 11.6 Å². The summed E-state index contributed by atoms with van der Waals surface area (Å²) in [6.07, 6.45) is 0.486. The molecule has 0 aliphatic carbocycles. The Morgan fingerprint density at radius 3 is 2.40 bits per heavy atom. The molecule has 0 heterocycles. The number of amides is 2. The Morgan fingerprint density at radius 1 is 1.17 bits per heavy atom. The third kappa shape index (κ3) is 7.33. The SMILES string of the molecule is CC[C@@H](C(=O)NC(C)(C)C)N(Cc1ccccc1)C(=O)COc1ccc(Br)cc1Cl. The molecule has 0 saturated heterocycles. The van der Waals surface area contributed by atoms with Crippen LogP contribution in [0.2, 0.25) is 5.02 Å². The summed E-state index contributed by atoms with van der Waals surface area (Å²) in [5.74, 6) is -0.0511. The van der Waals surface area contributed by atoms with Crippen LogP contribution in [0, 0.1) is 0 Å². The number of rotatable bonds is 8. The van der Waals surface area contributed by atoms with Crippen molar-refractivity contribution in [1.29, 1.82) is 0 Å². The Morgan fingerprint density at radius 2 is 1.83 bits per heavy atom. The fraction of sp³-hybridized carbons (Fsp3) is 0.391. The smallest absolute Gasteiger partial charge is 0.261 e. The van der Waals surface area contributed by atoms with Crippen LogP contribution >= 0.6 is 27.5 Å². The molecule has 2 amide bonds. The van der Waals surface area contributed by atoms with Crippen molar-refractivity contribution in [1.82, 2.24) is 10.2 Å². The average molecular weight is 496 g/mol. The predicted molar refractivity (Wildman–Crippen MR) is 124 cm³/mol. The molecule has 162 valence electrons. The molecule has 0 bridgehead atoms. The van der Waals surface area contributed by atoms with Gasteiger partial charge in [-0.25, -0.2) is 0 Å². The van der Waals surface area contributed by atoms with Crippen molar-refractivity contribution >= 4 is 39.3 Å². The Kier molecular flexibility index (Phi) is 8.74. The van der Waals surface area contributed by atoms with Gasteiger partial charge in [-0.05, 0) is 51.0 Å². The fourth-order valence-corrected chi connectivity index (χ4v) is 3.70. The molecule has 2 rings (SSSR count). The van der Waals surface area contributed by atoms with Crippen LogP contribution in [0.25, 0.3) is 0 Å².